The molecule has 8 nitrogen and oxygen atoms in total. The van der Waals surface area contributed by atoms with Gasteiger partial charge < -0.3 is 19.5 Å². The van der Waals surface area contributed by atoms with Crippen LogP contribution in [0, 0.1) is 0 Å². The summed E-state index contributed by atoms with van der Waals surface area (Å²) >= 11 is 0. The molecule has 214 valence electrons. The maximum atomic E-state index is 15.0. The van der Waals surface area contributed by atoms with Crippen LogP contribution in [0.5, 0.6) is 5.75 Å². The quantitative estimate of drug-likeness (QED) is 0.164. The number of halogens is 7. The van der Waals surface area contributed by atoms with Crippen molar-refractivity contribution < 1.29 is 87.1 Å². The van der Waals surface area contributed by atoms with Crippen LogP contribution in [0.15, 0.2) is 72.8 Å². The zero-order valence-electron chi connectivity index (χ0n) is 20.3. The molecule has 0 unspecified atom stereocenters. The Morgan fingerprint density at radius 1 is 0.659 bits per heavy atom. The van der Waals surface area contributed by atoms with Crippen LogP contribution < -0.4 is 23.6 Å². The minimum absolute atomic E-state index is 0. The minimum atomic E-state index is -6.91. The molecule has 17 heteroatoms. The van der Waals surface area contributed by atoms with Gasteiger partial charge in [-0.3, -0.25) is 0 Å². The standard InChI is InChI=1S/C24H15F7O8S.Li/c25-22(26,27)21(15-5-1-13(2-6-15)19(32)33,16-7-3-14(4-8-16)20(34)35)17-9-11-18(12-10-17)39-23(28,29)24(30,31)40(36,37)38;/h1-12H,(H,32,33)(H,34,35)(H,36,37,38);/q;+1/p-1. The number of benzene rings is 3. The summed E-state index contributed by atoms with van der Waals surface area (Å²) in [5.41, 5.74) is -5.93. The summed E-state index contributed by atoms with van der Waals surface area (Å²) in [6.45, 7) is 0. The second-order valence-electron chi connectivity index (χ2n) is 8.13. The smallest absolute Gasteiger partial charge is 0.743 e. The van der Waals surface area contributed by atoms with Crippen LogP contribution in [-0.2, 0) is 15.5 Å². The molecule has 0 amide bonds. The largest absolute Gasteiger partial charge is 1.00 e. The molecule has 0 saturated carbocycles. The maximum Gasteiger partial charge on any atom is 1.00 e. The van der Waals surface area contributed by atoms with Crippen molar-refractivity contribution >= 4 is 22.1 Å². The van der Waals surface area contributed by atoms with E-state index in [-0.39, 0.29) is 30.0 Å². The van der Waals surface area contributed by atoms with E-state index in [0.29, 0.717) is 24.3 Å². The fraction of sp³-hybridized carbons (Fsp3) is 0.167. The second-order valence-corrected chi connectivity index (χ2v) is 9.55. The van der Waals surface area contributed by atoms with Crippen LogP contribution in [0.3, 0.4) is 0 Å². The van der Waals surface area contributed by atoms with Crippen molar-refractivity contribution in [2.24, 2.45) is 0 Å². The number of ether oxygens (including phenoxy) is 1. The van der Waals surface area contributed by atoms with Crippen molar-refractivity contribution in [3.63, 3.8) is 0 Å². The minimum Gasteiger partial charge on any atom is -0.743 e. The molecule has 0 bridgehead atoms. The Hall–Kier alpha value is -3.58. The van der Waals surface area contributed by atoms with Gasteiger partial charge in [0.2, 0.25) is 0 Å². The summed E-state index contributed by atoms with van der Waals surface area (Å²) in [6, 6.07) is 8.54. The number of rotatable bonds is 9. The number of aromatic carboxylic acids is 2. The molecule has 41 heavy (non-hydrogen) atoms. The maximum absolute atomic E-state index is 15.0. The van der Waals surface area contributed by atoms with E-state index in [4.69, 9.17) is 10.2 Å². The van der Waals surface area contributed by atoms with Gasteiger partial charge in [-0.1, -0.05) is 36.4 Å². The first-order chi connectivity index (χ1) is 18.3. The summed E-state index contributed by atoms with van der Waals surface area (Å²) in [7, 11) is -6.91. The average Bonchev–Trinajstić information content (AvgIpc) is 2.84. The van der Waals surface area contributed by atoms with Crippen molar-refractivity contribution in [2.75, 3.05) is 0 Å². The van der Waals surface area contributed by atoms with Crippen LogP contribution in [0.25, 0.3) is 0 Å². The van der Waals surface area contributed by atoms with Crippen molar-refractivity contribution in [2.45, 2.75) is 23.0 Å². The predicted octanol–water partition coefficient (Wildman–Crippen LogP) is 2.09. The molecule has 0 aromatic heterocycles. The Kier molecular flexibility index (Phi) is 9.31. The third kappa shape index (κ3) is 6.05. The molecule has 3 aromatic rings. The van der Waals surface area contributed by atoms with Crippen molar-refractivity contribution in [1.82, 2.24) is 0 Å². The van der Waals surface area contributed by atoms with Gasteiger partial charge in [-0.15, -0.1) is 0 Å². The van der Waals surface area contributed by atoms with Gasteiger partial charge in [0, 0.05) is 0 Å². The summed E-state index contributed by atoms with van der Waals surface area (Å²) in [5, 5.41) is 12.0. The molecule has 2 N–H and O–H groups in total. The zero-order valence-corrected chi connectivity index (χ0v) is 21.1. The van der Waals surface area contributed by atoms with E-state index in [0.717, 1.165) is 48.5 Å². The number of alkyl halides is 7. The van der Waals surface area contributed by atoms with Crippen LogP contribution >= 0.6 is 0 Å². The molecule has 3 rings (SSSR count). The van der Waals surface area contributed by atoms with Gasteiger partial charge in [0.25, 0.3) is 0 Å². The van der Waals surface area contributed by atoms with Gasteiger partial charge >= 0.3 is 48.3 Å². The first kappa shape index (κ1) is 33.6. The summed E-state index contributed by atoms with van der Waals surface area (Å²) in [4.78, 5) is 22.4. The van der Waals surface area contributed by atoms with Crippen molar-refractivity contribution in [3.05, 3.63) is 101 Å². The molecule has 0 heterocycles. The molecule has 0 saturated heterocycles. The third-order valence-corrected chi connectivity index (χ3v) is 6.61. The number of carboxylic acid groups (broad SMARTS) is 2. The van der Waals surface area contributed by atoms with E-state index in [2.05, 4.69) is 4.74 Å². The Balaban J connectivity index is 0.00000588. The predicted molar refractivity (Wildman–Crippen MR) is 119 cm³/mol. The first-order valence-electron chi connectivity index (χ1n) is 10.5. The Labute approximate surface area is 238 Å². The molecule has 0 aliphatic heterocycles. The molecule has 0 spiro atoms. The van der Waals surface area contributed by atoms with Gasteiger partial charge in [0.05, 0.1) is 11.1 Å². The number of hydrogen-bond donors (Lipinski definition) is 2. The van der Waals surface area contributed by atoms with Gasteiger partial charge in [-0.05, 0) is 53.1 Å². The number of carboxylic acids is 2. The molecule has 0 aliphatic rings. The van der Waals surface area contributed by atoms with Crippen LogP contribution in [0.1, 0.15) is 37.4 Å². The SMILES string of the molecule is O=C(O)c1ccc(C(c2ccc(OC(F)(F)C(F)(F)S(=O)(=O)[O-])cc2)(c2ccc(C(=O)O)cc2)C(F)(F)F)cc1.[Li+]. The summed E-state index contributed by atoms with van der Waals surface area (Å²) < 4.78 is 135. The van der Waals surface area contributed by atoms with Gasteiger partial charge in [-0.2, -0.15) is 30.7 Å². The first-order valence-corrected chi connectivity index (χ1v) is 11.9. The Morgan fingerprint density at radius 3 is 1.24 bits per heavy atom. The van der Waals surface area contributed by atoms with Gasteiger partial charge in [0.1, 0.15) is 11.2 Å². The van der Waals surface area contributed by atoms with Crippen molar-refractivity contribution in [1.29, 1.82) is 0 Å². The van der Waals surface area contributed by atoms with Crippen LogP contribution in [-0.4, -0.2) is 52.7 Å². The topological polar surface area (TPSA) is 141 Å². The number of carbonyl (C=O) groups is 2. The molecular formula is C24H14F7LiO8S. The van der Waals surface area contributed by atoms with E-state index in [1.54, 1.807) is 0 Å². The normalized spacial score (nSPS) is 12.8. The Morgan fingerprint density at radius 2 is 0.976 bits per heavy atom. The number of hydrogen-bond acceptors (Lipinski definition) is 6. The van der Waals surface area contributed by atoms with Crippen LogP contribution in [0.2, 0.25) is 0 Å². The molecular weight excluding hydrogens is 588 g/mol. The van der Waals surface area contributed by atoms with E-state index in [1.165, 1.54) is 0 Å². The molecule has 3 aromatic carbocycles. The fourth-order valence-corrected chi connectivity index (χ4v) is 4.18. The van der Waals surface area contributed by atoms with E-state index in [9.17, 15) is 40.1 Å². The third-order valence-electron chi connectivity index (χ3n) is 5.74. The molecule has 0 radical (unpaired) electrons. The van der Waals surface area contributed by atoms with Crippen LogP contribution in [0.4, 0.5) is 30.7 Å². The monoisotopic (exact) mass is 602 g/mol. The molecule has 0 aliphatic carbocycles. The van der Waals surface area contributed by atoms with Crippen molar-refractivity contribution in [3.8, 4) is 5.75 Å². The molecule has 0 fully saturated rings. The zero-order chi connectivity index (χ0) is 30.3. The second kappa shape index (κ2) is 11.4. The summed E-state index contributed by atoms with van der Waals surface area (Å²) in [6.07, 6.45) is -11.2. The molecule has 0 atom stereocenters. The van der Waals surface area contributed by atoms with E-state index < -0.39 is 67.5 Å². The van der Waals surface area contributed by atoms with Gasteiger partial charge in [-0.25, -0.2) is 18.0 Å². The van der Waals surface area contributed by atoms with E-state index >= 15 is 13.2 Å². The Bertz CT molecular complexity index is 1470. The fourth-order valence-electron chi connectivity index (χ4n) is 3.84. The average molecular weight is 602 g/mol. The summed E-state index contributed by atoms with van der Waals surface area (Å²) in [5.74, 6) is -4.17. The van der Waals surface area contributed by atoms with Gasteiger partial charge in [0.15, 0.2) is 10.1 Å². The van der Waals surface area contributed by atoms with E-state index in [1.807, 2.05) is 0 Å².